The third-order valence-corrected chi connectivity index (χ3v) is 6.67. The van der Waals surface area contributed by atoms with E-state index in [4.69, 9.17) is 10.5 Å². The van der Waals surface area contributed by atoms with Gasteiger partial charge in [-0.15, -0.1) is 11.3 Å². The van der Waals surface area contributed by atoms with E-state index < -0.39 is 0 Å². The molecule has 0 spiro atoms. The molecule has 104 valence electrons. The zero-order chi connectivity index (χ0) is 14.0. The summed E-state index contributed by atoms with van der Waals surface area (Å²) in [6.45, 7) is 9.16. The second-order valence-electron chi connectivity index (χ2n) is 6.45. The Balaban J connectivity index is 2.19. The van der Waals surface area contributed by atoms with Crippen LogP contribution in [-0.2, 0) is 10.2 Å². The van der Waals surface area contributed by atoms with Gasteiger partial charge in [0.25, 0.3) is 0 Å². The zero-order valence-corrected chi connectivity index (χ0v) is 12.8. The van der Waals surface area contributed by atoms with Gasteiger partial charge < -0.3 is 10.5 Å². The molecule has 0 unspecified atom stereocenters. The first-order chi connectivity index (χ1) is 8.84. The van der Waals surface area contributed by atoms with Crippen LogP contribution in [-0.4, -0.2) is 12.6 Å². The Morgan fingerprint density at radius 1 is 1.47 bits per heavy atom. The van der Waals surface area contributed by atoms with Crippen LogP contribution in [0, 0.1) is 5.41 Å². The lowest BCUT2D eigenvalue weighted by atomic mass is 9.68. The van der Waals surface area contributed by atoms with Crippen LogP contribution in [0.3, 0.4) is 0 Å². The topological polar surface area (TPSA) is 52.3 Å². The molecule has 0 amide bonds. The van der Waals surface area contributed by atoms with E-state index in [1.54, 1.807) is 11.3 Å². The van der Waals surface area contributed by atoms with Crippen LogP contribution in [0.5, 0.6) is 0 Å². The molecule has 2 aliphatic rings. The van der Waals surface area contributed by atoms with Crippen LogP contribution in [0.15, 0.2) is 0 Å². The van der Waals surface area contributed by atoms with Crippen molar-refractivity contribution < 1.29 is 9.53 Å². The third-order valence-electron chi connectivity index (χ3n) is 5.54. The van der Waals surface area contributed by atoms with E-state index in [-0.39, 0.29) is 16.8 Å². The summed E-state index contributed by atoms with van der Waals surface area (Å²) in [6, 6.07) is 0. The highest BCUT2D eigenvalue weighted by Gasteiger charge is 2.62. The lowest BCUT2D eigenvalue weighted by Crippen LogP contribution is -2.32. The van der Waals surface area contributed by atoms with Gasteiger partial charge in [0.1, 0.15) is 5.00 Å². The van der Waals surface area contributed by atoms with Gasteiger partial charge in [-0.3, -0.25) is 0 Å². The minimum Gasteiger partial charge on any atom is -0.462 e. The highest BCUT2D eigenvalue weighted by Crippen LogP contribution is 2.70. The summed E-state index contributed by atoms with van der Waals surface area (Å²) in [5.41, 5.74) is 8.21. The Morgan fingerprint density at radius 2 is 2.16 bits per heavy atom. The van der Waals surface area contributed by atoms with Crippen molar-refractivity contribution in [3.05, 3.63) is 16.0 Å². The number of esters is 1. The predicted octanol–water partition coefficient (Wildman–Crippen LogP) is 3.68. The molecule has 1 aromatic rings. The fourth-order valence-electron chi connectivity index (χ4n) is 4.07. The lowest BCUT2D eigenvalue weighted by molar-refractivity contribution is 0.0524. The maximum absolute atomic E-state index is 12.2. The fraction of sp³-hybridized carbons (Fsp3) is 0.667. The van der Waals surface area contributed by atoms with Gasteiger partial charge in [0.05, 0.1) is 12.2 Å². The molecule has 0 saturated heterocycles. The summed E-state index contributed by atoms with van der Waals surface area (Å²) in [5.74, 6) is 0.296. The van der Waals surface area contributed by atoms with Crippen molar-refractivity contribution in [1.29, 1.82) is 0 Å². The minimum absolute atomic E-state index is 0.0587. The molecule has 19 heavy (non-hydrogen) atoms. The quantitative estimate of drug-likeness (QED) is 0.840. The monoisotopic (exact) mass is 279 g/mol. The molecule has 2 bridgehead atoms. The van der Waals surface area contributed by atoms with E-state index >= 15 is 0 Å². The average molecular weight is 279 g/mol. The maximum Gasteiger partial charge on any atom is 0.341 e. The molecule has 3 rings (SSSR count). The lowest BCUT2D eigenvalue weighted by Gasteiger charge is -2.35. The Morgan fingerprint density at radius 3 is 2.79 bits per heavy atom. The molecule has 2 N–H and O–H groups in total. The molecule has 3 nitrogen and oxygen atoms in total. The van der Waals surface area contributed by atoms with Crippen molar-refractivity contribution in [2.24, 2.45) is 5.41 Å². The Bertz CT molecular complexity index is 561. The molecular weight excluding hydrogens is 258 g/mol. The van der Waals surface area contributed by atoms with Crippen molar-refractivity contribution in [2.45, 2.75) is 51.9 Å². The Hall–Kier alpha value is -1.03. The molecule has 2 aliphatic carbocycles. The number of ether oxygens (including phenoxy) is 1. The maximum atomic E-state index is 12.2. The van der Waals surface area contributed by atoms with E-state index in [0.29, 0.717) is 23.1 Å². The number of fused-ring (bicyclic) bond motifs is 5. The second-order valence-corrected chi connectivity index (χ2v) is 7.53. The first-order valence-corrected chi connectivity index (χ1v) is 7.76. The standard InChI is InChI=1S/C15H21NO2S/c1-5-18-13(17)9-10-11(19-12(9)16)8-6-7-15(10,4)14(8,2)3/h8H,5-7,16H2,1-4H3/t8-,15-/m0/s1. The van der Waals surface area contributed by atoms with Crippen molar-refractivity contribution >= 4 is 22.3 Å². The molecular formula is C15H21NO2S. The van der Waals surface area contributed by atoms with E-state index in [1.807, 2.05) is 6.92 Å². The van der Waals surface area contributed by atoms with E-state index in [9.17, 15) is 4.79 Å². The van der Waals surface area contributed by atoms with Gasteiger partial charge in [-0.1, -0.05) is 20.8 Å². The second kappa shape index (κ2) is 3.75. The summed E-state index contributed by atoms with van der Waals surface area (Å²) in [6.07, 6.45) is 2.35. The van der Waals surface area contributed by atoms with Crippen molar-refractivity contribution in [3.8, 4) is 0 Å². The molecule has 2 atom stereocenters. The highest BCUT2D eigenvalue weighted by atomic mass is 32.1. The number of hydrogen-bond acceptors (Lipinski definition) is 4. The molecule has 0 radical (unpaired) electrons. The smallest absolute Gasteiger partial charge is 0.341 e. The van der Waals surface area contributed by atoms with Gasteiger partial charge >= 0.3 is 5.97 Å². The first kappa shape index (κ1) is 13.0. The van der Waals surface area contributed by atoms with Crippen LogP contribution in [0.1, 0.15) is 67.3 Å². The summed E-state index contributed by atoms with van der Waals surface area (Å²) in [4.78, 5) is 13.6. The fourth-order valence-corrected chi connectivity index (χ4v) is 5.58. The summed E-state index contributed by atoms with van der Waals surface area (Å²) < 4.78 is 5.20. The number of thiophene rings is 1. The molecule has 4 heteroatoms. The number of hydrogen-bond donors (Lipinski definition) is 1. The largest absolute Gasteiger partial charge is 0.462 e. The van der Waals surface area contributed by atoms with Gasteiger partial charge in [-0.05, 0) is 36.7 Å². The molecule has 1 heterocycles. The number of carbonyl (C=O) groups is 1. The number of carbonyl (C=O) groups excluding carboxylic acids is 1. The van der Waals surface area contributed by atoms with Gasteiger partial charge in [-0.2, -0.15) is 0 Å². The van der Waals surface area contributed by atoms with Crippen LogP contribution < -0.4 is 5.73 Å². The van der Waals surface area contributed by atoms with Gasteiger partial charge in [0.2, 0.25) is 0 Å². The van der Waals surface area contributed by atoms with Crippen LogP contribution in [0.25, 0.3) is 0 Å². The third kappa shape index (κ3) is 1.36. The summed E-state index contributed by atoms with van der Waals surface area (Å²) in [7, 11) is 0. The summed E-state index contributed by atoms with van der Waals surface area (Å²) in [5, 5.41) is 0.636. The van der Waals surface area contributed by atoms with Crippen molar-refractivity contribution in [2.75, 3.05) is 12.3 Å². The first-order valence-electron chi connectivity index (χ1n) is 6.94. The Labute approximate surface area is 118 Å². The van der Waals surface area contributed by atoms with Crippen molar-refractivity contribution in [3.63, 3.8) is 0 Å². The van der Waals surface area contributed by atoms with Crippen LogP contribution in [0.2, 0.25) is 0 Å². The summed E-state index contributed by atoms with van der Waals surface area (Å²) >= 11 is 1.60. The molecule has 0 aromatic carbocycles. The van der Waals surface area contributed by atoms with Crippen LogP contribution >= 0.6 is 11.3 Å². The minimum atomic E-state index is -0.248. The molecule has 1 fully saturated rings. The SMILES string of the molecule is CCOC(=O)c1c(N)sc2c1[C@]1(C)CC[C@@H]2C1(C)C. The molecule has 1 aromatic heterocycles. The van der Waals surface area contributed by atoms with Crippen molar-refractivity contribution in [1.82, 2.24) is 0 Å². The zero-order valence-electron chi connectivity index (χ0n) is 12.0. The molecule has 1 saturated carbocycles. The number of anilines is 1. The van der Waals surface area contributed by atoms with E-state index in [0.717, 1.165) is 6.42 Å². The van der Waals surface area contributed by atoms with Gasteiger partial charge in [0, 0.05) is 10.3 Å². The normalized spacial score (nSPS) is 30.4. The number of rotatable bonds is 2. The Kier molecular flexibility index (Phi) is 2.56. The average Bonchev–Trinajstić information content (AvgIpc) is 2.82. The number of nitrogen functional groups attached to an aromatic ring is 1. The predicted molar refractivity (Wildman–Crippen MR) is 77.8 cm³/mol. The van der Waals surface area contributed by atoms with Crippen LogP contribution in [0.4, 0.5) is 5.00 Å². The van der Waals surface area contributed by atoms with E-state index in [1.165, 1.54) is 16.9 Å². The number of nitrogens with two attached hydrogens (primary N) is 1. The molecule has 0 aliphatic heterocycles. The van der Waals surface area contributed by atoms with E-state index in [2.05, 4.69) is 20.8 Å². The highest BCUT2D eigenvalue weighted by molar-refractivity contribution is 7.16. The van der Waals surface area contributed by atoms with Gasteiger partial charge in [0.15, 0.2) is 0 Å². The van der Waals surface area contributed by atoms with Gasteiger partial charge in [-0.25, -0.2) is 4.79 Å².